The second kappa shape index (κ2) is 3.38. The molecule has 0 spiro atoms. The minimum atomic E-state index is -0.200. The number of rotatable bonds is 1. The number of aryl methyl sites for hydroxylation is 1. The van der Waals surface area contributed by atoms with Crippen LogP contribution in [0, 0.1) is 6.92 Å². The molecule has 4 heteroatoms. The van der Waals surface area contributed by atoms with E-state index in [0.29, 0.717) is 5.69 Å². The molecule has 0 unspecified atom stereocenters. The number of nitrogens with zero attached hydrogens (tertiary/aromatic N) is 1. The van der Waals surface area contributed by atoms with Gasteiger partial charge < -0.3 is 10.0 Å². The van der Waals surface area contributed by atoms with E-state index in [1.165, 1.54) is 11.0 Å². The molecule has 1 amide bonds. The van der Waals surface area contributed by atoms with Crippen LogP contribution in [0.25, 0.3) is 0 Å². The molecule has 1 saturated heterocycles. The van der Waals surface area contributed by atoms with Crippen LogP contribution in [0.3, 0.4) is 0 Å². The molecule has 15 heavy (non-hydrogen) atoms. The summed E-state index contributed by atoms with van der Waals surface area (Å²) in [6.45, 7) is 1.95. The summed E-state index contributed by atoms with van der Waals surface area (Å²) in [6.07, 6.45) is -0.0326. The first-order chi connectivity index (χ1) is 7.08. The van der Waals surface area contributed by atoms with Crippen molar-refractivity contribution in [1.29, 1.82) is 0 Å². The average Bonchev–Trinajstić information content (AvgIpc) is 2.50. The largest absolute Gasteiger partial charge is 0.508 e. The molecule has 1 heterocycles. The van der Waals surface area contributed by atoms with Gasteiger partial charge in [-0.05, 0) is 18.6 Å². The molecule has 1 aromatic rings. The van der Waals surface area contributed by atoms with Gasteiger partial charge in [-0.25, -0.2) is 0 Å². The fourth-order valence-corrected chi connectivity index (χ4v) is 1.69. The number of amides is 1. The van der Waals surface area contributed by atoms with Gasteiger partial charge in [0.1, 0.15) is 5.75 Å². The number of carbonyl (C=O) groups excluding carboxylic acids is 2. The number of ketones is 1. The lowest BCUT2D eigenvalue weighted by molar-refractivity contribution is -0.121. The highest BCUT2D eigenvalue weighted by Gasteiger charge is 2.29. The van der Waals surface area contributed by atoms with Crippen molar-refractivity contribution in [3.63, 3.8) is 0 Å². The van der Waals surface area contributed by atoms with Crippen LogP contribution >= 0.6 is 0 Å². The number of benzene rings is 1. The quantitative estimate of drug-likeness (QED) is 0.696. The summed E-state index contributed by atoms with van der Waals surface area (Å²) in [5.74, 6) is -0.181. The van der Waals surface area contributed by atoms with Crippen LogP contribution in [-0.2, 0) is 9.59 Å². The standard InChI is InChI=1S/C11H11NO3/c1-7-2-3-8(13)4-10(7)12-6-9(14)5-11(12)15/h2-4,13H,5-6H2,1H3. The number of Topliss-reactive ketones (excluding diaryl/α,β-unsaturated/α-hetero) is 1. The first kappa shape index (κ1) is 9.71. The van der Waals surface area contributed by atoms with E-state index in [2.05, 4.69) is 0 Å². The van der Waals surface area contributed by atoms with E-state index in [1.54, 1.807) is 12.1 Å². The van der Waals surface area contributed by atoms with Gasteiger partial charge in [0.2, 0.25) is 5.91 Å². The Hall–Kier alpha value is -1.84. The lowest BCUT2D eigenvalue weighted by atomic mass is 10.2. The van der Waals surface area contributed by atoms with Crippen molar-refractivity contribution < 1.29 is 14.7 Å². The summed E-state index contributed by atoms with van der Waals surface area (Å²) in [4.78, 5) is 24.0. The Morgan fingerprint density at radius 3 is 2.67 bits per heavy atom. The van der Waals surface area contributed by atoms with E-state index >= 15 is 0 Å². The van der Waals surface area contributed by atoms with Crippen molar-refractivity contribution in [2.24, 2.45) is 0 Å². The molecule has 1 N–H and O–H groups in total. The second-order valence-electron chi connectivity index (χ2n) is 3.67. The molecule has 0 bridgehead atoms. The number of phenols is 1. The van der Waals surface area contributed by atoms with Crippen molar-refractivity contribution in [2.75, 3.05) is 11.4 Å². The van der Waals surface area contributed by atoms with Crippen LogP contribution in [-0.4, -0.2) is 23.3 Å². The van der Waals surface area contributed by atoms with Gasteiger partial charge in [-0.1, -0.05) is 6.07 Å². The summed E-state index contributed by atoms with van der Waals surface area (Å²) in [5, 5.41) is 9.33. The summed E-state index contributed by atoms with van der Waals surface area (Å²) >= 11 is 0. The molecule has 0 aromatic heterocycles. The lowest BCUT2D eigenvalue weighted by Crippen LogP contribution is -2.25. The van der Waals surface area contributed by atoms with E-state index in [1.807, 2.05) is 6.92 Å². The Bertz CT molecular complexity index is 439. The Morgan fingerprint density at radius 1 is 1.33 bits per heavy atom. The molecule has 0 aliphatic carbocycles. The van der Waals surface area contributed by atoms with Gasteiger partial charge in [-0.15, -0.1) is 0 Å². The van der Waals surface area contributed by atoms with Crippen LogP contribution in [0.1, 0.15) is 12.0 Å². The highest BCUT2D eigenvalue weighted by atomic mass is 16.3. The Morgan fingerprint density at radius 2 is 2.07 bits per heavy atom. The summed E-state index contributed by atoms with van der Waals surface area (Å²) in [5.41, 5.74) is 1.49. The average molecular weight is 205 g/mol. The van der Waals surface area contributed by atoms with Gasteiger partial charge in [-0.2, -0.15) is 0 Å². The third-order valence-electron chi connectivity index (χ3n) is 2.47. The molecule has 4 nitrogen and oxygen atoms in total. The Kier molecular flexibility index (Phi) is 2.19. The lowest BCUT2D eigenvalue weighted by Gasteiger charge is -2.17. The van der Waals surface area contributed by atoms with E-state index < -0.39 is 0 Å². The number of anilines is 1. The molecule has 1 aliphatic heterocycles. The minimum Gasteiger partial charge on any atom is -0.508 e. The van der Waals surface area contributed by atoms with Gasteiger partial charge in [0.15, 0.2) is 5.78 Å². The van der Waals surface area contributed by atoms with Crippen molar-refractivity contribution in [2.45, 2.75) is 13.3 Å². The van der Waals surface area contributed by atoms with Crippen LogP contribution in [0.15, 0.2) is 18.2 Å². The summed E-state index contributed by atoms with van der Waals surface area (Å²) in [6, 6.07) is 4.79. The van der Waals surface area contributed by atoms with Crippen molar-refractivity contribution in [3.05, 3.63) is 23.8 Å². The smallest absolute Gasteiger partial charge is 0.234 e. The normalized spacial score (nSPS) is 16.2. The topological polar surface area (TPSA) is 57.6 Å². The number of aromatic hydroxyl groups is 1. The van der Waals surface area contributed by atoms with Crippen LogP contribution in [0.4, 0.5) is 5.69 Å². The number of phenolic OH excluding ortho intramolecular Hbond substituents is 1. The molecule has 1 fully saturated rings. The molecule has 0 atom stereocenters. The first-order valence-electron chi connectivity index (χ1n) is 4.69. The molecule has 2 rings (SSSR count). The highest BCUT2D eigenvalue weighted by molar-refractivity contribution is 6.15. The third kappa shape index (κ3) is 1.70. The monoisotopic (exact) mass is 205 g/mol. The predicted octanol–water partition coefficient (Wildman–Crippen LogP) is 1.01. The van der Waals surface area contributed by atoms with Crippen molar-refractivity contribution >= 4 is 17.4 Å². The molecule has 0 saturated carbocycles. The van der Waals surface area contributed by atoms with Crippen LogP contribution in [0.5, 0.6) is 5.75 Å². The maximum Gasteiger partial charge on any atom is 0.234 e. The second-order valence-corrected chi connectivity index (χ2v) is 3.67. The van der Waals surface area contributed by atoms with E-state index in [9.17, 15) is 14.7 Å². The Balaban J connectivity index is 2.41. The Labute approximate surface area is 87.1 Å². The molecular formula is C11H11NO3. The number of hydrogen-bond acceptors (Lipinski definition) is 3. The number of hydrogen-bond donors (Lipinski definition) is 1. The van der Waals surface area contributed by atoms with Crippen LogP contribution < -0.4 is 4.90 Å². The van der Waals surface area contributed by atoms with E-state index in [-0.39, 0.29) is 30.4 Å². The maximum absolute atomic E-state index is 11.5. The first-order valence-corrected chi connectivity index (χ1v) is 4.69. The fraction of sp³-hybridized carbons (Fsp3) is 0.273. The van der Waals surface area contributed by atoms with Gasteiger partial charge in [-0.3, -0.25) is 9.59 Å². The number of carbonyl (C=O) groups is 2. The summed E-state index contributed by atoms with van der Waals surface area (Å²) in [7, 11) is 0. The van der Waals surface area contributed by atoms with E-state index in [4.69, 9.17) is 0 Å². The van der Waals surface area contributed by atoms with Gasteiger partial charge in [0, 0.05) is 6.07 Å². The predicted molar refractivity (Wildman–Crippen MR) is 54.8 cm³/mol. The van der Waals surface area contributed by atoms with E-state index in [0.717, 1.165) is 5.56 Å². The molecule has 1 aromatic carbocycles. The van der Waals surface area contributed by atoms with Gasteiger partial charge in [0.05, 0.1) is 18.7 Å². The third-order valence-corrected chi connectivity index (χ3v) is 2.47. The van der Waals surface area contributed by atoms with Crippen molar-refractivity contribution in [1.82, 2.24) is 0 Å². The molecular weight excluding hydrogens is 194 g/mol. The van der Waals surface area contributed by atoms with Crippen LogP contribution in [0.2, 0.25) is 0 Å². The van der Waals surface area contributed by atoms with Crippen molar-refractivity contribution in [3.8, 4) is 5.75 Å². The fourth-order valence-electron chi connectivity index (χ4n) is 1.69. The SMILES string of the molecule is Cc1ccc(O)cc1N1CC(=O)CC1=O. The molecule has 0 radical (unpaired) electrons. The van der Waals surface area contributed by atoms with Gasteiger partial charge in [0.25, 0.3) is 0 Å². The molecule has 1 aliphatic rings. The molecule has 78 valence electrons. The summed E-state index contributed by atoms with van der Waals surface area (Å²) < 4.78 is 0. The maximum atomic E-state index is 11.5. The van der Waals surface area contributed by atoms with Gasteiger partial charge >= 0.3 is 0 Å². The zero-order chi connectivity index (χ0) is 11.0. The zero-order valence-corrected chi connectivity index (χ0v) is 8.36. The highest BCUT2D eigenvalue weighted by Crippen LogP contribution is 2.27. The minimum absolute atomic E-state index is 0.0326. The zero-order valence-electron chi connectivity index (χ0n) is 8.36.